The molecule has 1 N–H and O–H groups in total. The van der Waals surface area contributed by atoms with Crippen molar-refractivity contribution in [3.05, 3.63) is 113 Å². The van der Waals surface area contributed by atoms with Crippen LogP contribution in [0.3, 0.4) is 0 Å². The predicted molar refractivity (Wildman–Crippen MR) is 143 cm³/mol. The Morgan fingerprint density at radius 1 is 0.973 bits per heavy atom. The molecule has 0 spiro atoms. The van der Waals surface area contributed by atoms with Crippen LogP contribution in [0.15, 0.2) is 96.3 Å². The number of benzene rings is 3. The molecule has 0 fully saturated rings. The summed E-state index contributed by atoms with van der Waals surface area (Å²) in [5.41, 5.74) is 1.86. The Morgan fingerprint density at radius 2 is 1.70 bits per heavy atom. The van der Waals surface area contributed by atoms with Gasteiger partial charge in [-0.15, -0.1) is 21.5 Å². The van der Waals surface area contributed by atoms with Gasteiger partial charge in [-0.3, -0.25) is 9.36 Å². The van der Waals surface area contributed by atoms with E-state index in [2.05, 4.69) is 20.5 Å². The van der Waals surface area contributed by atoms with E-state index in [0.717, 1.165) is 21.9 Å². The summed E-state index contributed by atoms with van der Waals surface area (Å²) >= 11 is 2.68. The molecule has 1 amide bonds. The fourth-order valence-electron chi connectivity index (χ4n) is 3.52. The molecule has 5 rings (SSSR count). The zero-order chi connectivity index (χ0) is 25.5. The lowest BCUT2D eigenvalue weighted by Gasteiger charge is -2.11. The van der Waals surface area contributed by atoms with Crippen LogP contribution in [-0.4, -0.2) is 31.4 Å². The maximum absolute atomic E-state index is 13.1. The summed E-state index contributed by atoms with van der Waals surface area (Å²) in [5.74, 6) is 1.04. The molecular formula is C27H22FN5O2S2. The quantitative estimate of drug-likeness (QED) is 0.231. The maximum atomic E-state index is 13.1. The first kappa shape index (κ1) is 24.7. The summed E-state index contributed by atoms with van der Waals surface area (Å²) in [4.78, 5) is 17.9. The van der Waals surface area contributed by atoms with Gasteiger partial charge >= 0.3 is 0 Å². The molecule has 0 saturated heterocycles. The predicted octanol–water partition coefficient (Wildman–Crippen LogP) is 5.76. The molecule has 0 aliphatic carbocycles. The van der Waals surface area contributed by atoms with Gasteiger partial charge in [-0.05, 0) is 42.0 Å². The van der Waals surface area contributed by atoms with E-state index in [1.54, 1.807) is 18.3 Å². The van der Waals surface area contributed by atoms with Crippen LogP contribution in [0.2, 0.25) is 0 Å². The highest BCUT2D eigenvalue weighted by molar-refractivity contribution is 7.99. The molecule has 2 aromatic heterocycles. The van der Waals surface area contributed by atoms with Crippen molar-refractivity contribution in [3.63, 3.8) is 0 Å². The minimum atomic E-state index is -0.266. The molecule has 0 atom stereocenters. The molecule has 0 aliphatic rings. The molecule has 0 radical (unpaired) electrons. The molecule has 10 heteroatoms. The number of ether oxygens (including phenoxy) is 1. The Hall–Kier alpha value is -4.02. The minimum absolute atomic E-state index is 0.136. The maximum Gasteiger partial charge on any atom is 0.236 e. The van der Waals surface area contributed by atoms with Crippen LogP contribution < -0.4 is 10.1 Å². The van der Waals surface area contributed by atoms with Crippen molar-refractivity contribution >= 4 is 34.1 Å². The highest BCUT2D eigenvalue weighted by Crippen LogP contribution is 2.25. The first-order valence-electron chi connectivity index (χ1n) is 11.4. The summed E-state index contributed by atoms with van der Waals surface area (Å²) in [6, 6.07) is 25.6. The van der Waals surface area contributed by atoms with E-state index >= 15 is 0 Å². The van der Waals surface area contributed by atoms with Gasteiger partial charge in [0.2, 0.25) is 5.91 Å². The second kappa shape index (κ2) is 11.8. The Kier molecular flexibility index (Phi) is 7.87. The normalized spacial score (nSPS) is 10.8. The summed E-state index contributed by atoms with van der Waals surface area (Å²) in [6.45, 7) is 0.231. The lowest BCUT2D eigenvalue weighted by atomic mass is 10.1. The fourth-order valence-corrected chi connectivity index (χ4v) is 5.16. The third-order valence-electron chi connectivity index (χ3n) is 5.25. The van der Waals surface area contributed by atoms with Crippen LogP contribution in [-0.2, 0) is 17.8 Å². The van der Waals surface area contributed by atoms with Crippen LogP contribution in [0.25, 0.3) is 5.69 Å². The van der Waals surface area contributed by atoms with Crippen molar-refractivity contribution in [3.8, 4) is 11.4 Å². The van der Waals surface area contributed by atoms with Gasteiger partial charge in [0.15, 0.2) is 16.1 Å². The number of anilines is 1. The Labute approximate surface area is 221 Å². The highest BCUT2D eigenvalue weighted by atomic mass is 32.2. The largest absolute Gasteiger partial charge is 0.486 e. The Bertz CT molecular complexity index is 1460. The molecule has 3 aromatic carbocycles. The first-order chi connectivity index (χ1) is 18.1. The third-order valence-corrected chi connectivity index (χ3v) is 7.09. The summed E-state index contributed by atoms with van der Waals surface area (Å²) in [7, 11) is 0. The van der Waals surface area contributed by atoms with Gasteiger partial charge in [-0.2, -0.15) is 0 Å². The SMILES string of the molecule is O=C(CSc1nnc(COc2ccccc2)n1-c1ccccc1)Nc1ncc(Cc2ccc(F)cc2)s1. The Morgan fingerprint density at radius 3 is 2.46 bits per heavy atom. The highest BCUT2D eigenvalue weighted by Gasteiger charge is 2.17. The molecule has 2 heterocycles. The van der Waals surface area contributed by atoms with Crippen molar-refractivity contribution < 1.29 is 13.9 Å². The first-order valence-corrected chi connectivity index (χ1v) is 13.2. The number of hydrogen-bond donors (Lipinski definition) is 1. The Balaban J connectivity index is 1.22. The number of nitrogens with zero attached hydrogens (tertiary/aromatic N) is 4. The number of hydrogen-bond acceptors (Lipinski definition) is 7. The molecule has 7 nitrogen and oxygen atoms in total. The lowest BCUT2D eigenvalue weighted by molar-refractivity contribution is -0.113. The van der Waals surface area contributed by atoms with Crippen molar-refractivity contribution in [1.82, 2.24) is 19.7 Å². The monoisotopic (exact) mass is 531 g/mol. The molecular weight excluding hydrogens is 509 g/mol. The van der Waals surface area contributed by atoms with Gasteiger partial charge in [0.05, 0.1) is 5.75 Å². The number of thioether (sulfide) groups is 1. The molecule has 5 aromatic rings. The summed E-state index contributed by atoms with van der Waals surface area (Å²) in [6.07, 6.45) is 2.35. The van der Waals surface area contributed by atoms with Crippen molar-refractivity contribution in [2.24, 2.45) is 0 Å². The minimum Gasteiger partial charge on any atom is -0.486 e. The summed E-state index contributed by atoms with van der Waals surface area (Å²) < 4.78 is 20.9. The average molecular weight is 532 g/mol. The van der Waals surface area contributed by atoms with Gasteiger partial charge in [0.25, 0.3) is 0 Å². The average Bonchev–Trinajstić information content (AvgIpc) is 3.55. The van der Waals surface area contributed by atoms with Crippen LogP contribution in [0, 0.1) is 5.82 Å². The van der Waals surface area contributed by atoms with Crippen LogP contribution in [0.4, 0.5) is 9.52 Å². The number of thiazole rings is 1. The number of nitrogens with one attached hydrogen (secondary N) is 1. The van der Waals surface area contributed by atoms with E-state index in [0.29, 0.717) is 22.5 Å². The number of para-hydroxylation sites is 2. The van der Waals surface area contributed by atoms with Gasteiger partial charge in [-0.25, -0.2) is 9.37 Å². The standard InChI is InChI=1S/C27H22FN5O2S2/c28-20-13-11-19(12-14-20)15-23-16-29-26(37-23)30-25(34)18-36-27-32-31-24(17-35-22-9-5-2-6-10-22)33(27)21-7-3-1-4-8-21/h1-14,16H,15,17-18H2,(H,29,30,34). The lowest BCUT2D eigenvalue weighted by Crippen LogP contribution is -2.14. The zero-order valence-corrected chi connectivity index (χ0v) is 21.2. The molecule has 186 valence electrons. The third kappa shape index (κ3) is 6.60. The van der Waals surface area contributed by atoms with Gasteiger partial charge in [-0.1, -0.05) is 60.3 Å². The second-order valence-electron chi connectivity index (χ2n) is 7.94. The second-order valence-corrected chi connectivity index (χ2v) is 10.0. The van der Waals surface area contributed by atoms with Gasteiger partial charge in [0, 0.05) is 23.2 Å². The van der Waals surface area contributed by atoms with Gasteiger partial charge in [0.1, 0.15) is 18.2 Å². The van der Waals surface area contributed by atoms with Crippen LogP contribution >= 0.6 is 23.1 Å². The van der Waals surface area contributed by atoms with Gasteiger partial charge < -0.3 is 10.1 Å². The number of halogens is 1. The van der Waals surface area contributed by atoms with Crippen LogP contribution in [0.1, 0.15) is 16.3 Å². The number of carbonyl (C=O) groups excluding carboxylic acids is 1. The smallest absolute Gasteiger partial charge is 0.236 e. The van der Waals surface area contributed by atoms with E-state index < -0.39 is 0 Å². The van der Waals surface area contributed by atoms with E-state index in [1.165, 1.54) is 35.2 Å². The zero-order valence-electron chi connectivity index (χ0n) is 19.6. The summed E-state index contributed by atoms with van der Waals surface area (Å²) in [5, 5.41) is 12.6. The molecule has 0 saturated carbocycles. The topological polar surface area (TPSA) is 81.9 Å². The van der Waals surface area contributed by atoms with Crippen molar-refractivity contribution in [2.45, 2.75) is 18.2 Å². The van der Waals surface area contributed by atoms with Crippen molar-refractivity contribution in [2.75, 3.05) is 11.1 Å². The number of rotatable bonds is 10. The number of carbonyl (C=O) groups is 1. The van der Waals surface area contributed by atoms with Crippen LogP contribution in [0.5, 0.6) is 5.75 Å². The van der Waals surface area contributed by atoms with E-state index in [9.17, 15) is 9.18 Å². The molecule has 0 aliphatic heterocycles. The fraction of sp³-hybridized carbons (Fsp3) is 0.111. The van der Waals surface area contributed by atoms with E-state index in [4.69, 9.17) is 4.74 Å². The number of aromatic nitrogens is 4. The molecule has 37 heavy (non-hydrogen) atoms. The molecule has 0 unspecified atom stereocenters. The van der Waals surface area contributed by atoms with E-state index in [1.807, 2.05) is 65.2 Å². The number of amides is 1. The van der Waals surface area contributed by atoms with E-state index in [-0.39, 0.29) is 24.1 Å². The van der Waals surface area contributed by atoms with Crippen molar-refractivity contribution in [1.29, 1.82) is 0 Å². The molecule has 0 bridgehead atoms.